The second-order valence-electron chi connectivity index (χ2n) is 2.68. The van der Waals surface area contributed by atoms with Crippen molar-refractivity contribution in [1.82, 2.24) is 0 Å². The van der Waals surface area contributed by atoms with Gasteiger partial charge in [-0.05, 0) is 17.7 Å². The average molecular weight is 217 g/mol. The van der Waals surface area contributed by atoms with Crippen molar-refractivity contribution in [2.75, 3.05) is 7.11 Å². The molecule has 1 rings (SSSR count). The SMILES string of the molecule is COc1ccc(C(O)C(N)=[NH2+])cc1.[Cl-]. The summed E-state index contributed by atoms with van der Waals surface area (Å²) in [6.45, 7) is 0. The Bertz CT molecular complexity index is 300. The molecule has 78 valence electrons. The molecule has 0 aliphatic rings. The molecule has 0 aliphatic heterocycles. The lowest BCUT2D eigenvalue weighted by atomic mass is 10.1. The van der Waals surface area contributed by atoms with Crippen LogP contribution in [0, 0.1) is 0 Å². The molecule has 0 saturated carbocycles. The van der Waals surface area contributed by atoms with Gasteiger partial charge in [0, 0.05) is 0 Å². The molecule has 0 saturated heterocycles. The molecule has 5 N–H and O–H groups in total. The summed E-state index contributed by atoms with van der Waals surface area (Å²) in [5.74, 6) is 0.719. The van der Waals surface area contributed by atoms with Crippen molar-refractivity contribution in [2.24, 2.45) is 5.73 Å². The fraction of sp³-hybridized carbons (Fsp3) is 0.222. The lowest BCUT2D eigenvalue weighted by Crippen LogP contribution is -3.00. The number of halogens is 1. The molecule has 0 heterocycles. The van der Waals surface area contributed by atoms with Gasteiger partial charge in [0.2, 0.25) is 0 Å². The summed E-state index contributed by atoms with van der Waals surface area (Å²) in [5.41, 5.74) is 5.91. The summed E-state index contributed by atoms with van der Waals surface area (Å²) in [5, 5.41) is 14.7. The first-order valence-electron chi connectivity index (χ1n) is 3.85. The minimum atomic E-state index is -0.911. The molecule has 4 nitrogen and oxygen atoms in total. The molecular weight excluding hydrogens is 204 g/mol. The van der Waals surface area contributed by atoms with Crippen LogP contribution in [0.2, 0.25) is 0 Å². The van der Waals surface area contributed by atoms with Crippen molar-refractivity contribution >= 4 is 5.84 Å². The monoisotopic (exact) mass is 216 g/mol. The van der Waals surface area contributed by atoms with Crippen molar-refractivity contribution in [3.05, 3.63) is 29.8 Å². The van der Waals surface area contributed by atoms with E-state index in [-0.39, 0.29) is 18.2 Å². The van der Waals surface area contributed by atoms with Crippen LogP contribution < -0.4 is 28.3 Å². The van der Waals surface area contributed by atoms with Gasteiger partial charge in [-0.15, -0.1) is 0 Å². The van der Waals surface area contributed by atoms with E-state index in [1.54, 1.807) is 31.4 Å². The van der Waals surface area contributed by atoms with Crippen molar-refractivity contribution in [3.8, 4) is 5.75 Å². The Morgan fingerprint density at radius 2 is 1.93 bits per heavy atom. The zero-order valence-corrected chi connectivity index (χ0v) is 8.53. The first-order chi connectivity index (χ1) is 6.15. The number of aliphatic hydroxyl groups is 1. The van der Waals surface area contributed by atoms with Gasteiger partial charge >= 0.3 is 0 Å². The predicted octanol–water partition coefficient (Wildman–Crippen LogP) is -4.15. The number of ether oxygens (including phenoxy) is 1. The largest absolute Gasteiger partial charge is 1.00 e. The highest BCUT2D eigenvalue weighted by molar-refractivity contribution is 5.80. The minimum Gasteiger partial charge on any atom is -1.00 e. The van der Waals surface area contributed by atoms with E-state index < -0.39 is 6.10 Å². The van der Waals surface area contributed by atoms with Gasteiger partial charge in [0.15, 0.2) is 6.10 Å². The van der Waals surface area contributed by atoms with Gasteiger partial charge in [0.1, 0.15) is 5.75 Å². The molecule has 0 fully saturated rings. The fourth-order valence-corrected chi connectivity index (χ4v) is 0.979. The molecule has 0 spiro atoms. The zero-order chi connectivity index (χ0) is 9.84. The van der Waals surface area contributed by atoms with Crippen LogP contribution >= 0.6 is 0 Å². The molecule has 0 aliphatic carbocycles. The van der Waals surface area contributed by atoms with Gasteiger partial charge in [-0.1, -0.05) is 12.1 Å². The number of benzene rings is 1. The molecule has 5 heteroatoms. The molecule has 1 aromatic rings. The van der Waals surface area contributed by atoms with Crippen molar-refractivity contribution in [3.63, 3.8) is 0 Å². The Labute approximate surface area is 88.6 Å². The predicted molar refractivity (Wildman–Crippen MR) is 49.1 cm³/mol. The molecular formula is C9H13ClN2O2. The summed E-state index contributed by atoms with van der Waals surface area (Å²) in [6.07, 6.45) is -0.911. The third-order valence-corrected chi connectivity index (χ3v) is 1.75. The maximum atomic E-state index is 9.43. The van der Waals surface area contributed by atoms with Gasteiger partial charge in [-0.3, -0.25) is 11.1 Å². The molecule has 14 heavy (non-hydrogen) atoms. The summed E-state index contributed by atoms with van der Waals surface area (Å²) in [4.78, 5) is 0. The summed E-state index contributed by atoms with van der Waals surface area (Å²) in [7, 11) is 1.58. The van der Waals surface area contributed by atoms with E-state index in [0.29, 0.717) is 5.56 Å². The van der Waals surface area contributed by atoms with Gasteiger partial charge in [-0.25, -0.2) is 0 Å². The quantitative estimate of drug-likeness (QED) is 0.355. The van der Waals surface area contributed by atoms with Crippen LogP contribution in [0.4, 0.5) is 0 Å². The maximum Gasteiger partial charge on any atom is 0.272 e. The Hall–Kier alpha value is -1.26. The second-order valence-corrected chi connectivity index (χ2v) is 2.68. The molecule has 1 unspecified atom stereocenters. The first-order valence-corrected chi connectivity index (χ1v) is 3.85. The van der Waals surface area contributed by atoms with Crippen molar-refractivity contribution in [2.45, 2.75) is 6.10 Å². The number of aliphatic hydroxyl groups excluding tert-OH is 1. The van der Waals surface area contributed by atoms with Crippen LogP contribution in [0.5, 0.6) is 5.75 Å². The first kappa shape index (κ1) is 12.7. The van der Waals surface area contributed by atoms with E-state index >= 15 is 0 Å². The highest BCUT2D eigenvalue weighted by Gasteiger charge is 2.14. The minimum absolute atomic E-state index is 0. The summed E-state index contributed by atoms with van der Waals surface area (Å²) >= 11 is 0. The van der Waals surface area contributed by atoms with E-state index in [1.807, 2.05) is 0 Å². The van der Waals surface area contributed by atoms with Gasteiger partial charge in [0.05, 0.1) is 7.11 Å². The number of hydrogen-bond acceptors (Lipinski definition) is 2. The standard InChI is InChI=1S/C9H12N2O2.ClH/c1-13-7-4-2-6(3-5-7)8(12)9(10)11;/h2-5,8,12H,1H3,(H3,10,11);1H. The lowest BCUT2D eigenvalue weighted by molar-refractivity contribution is -0.126. The van der Waals surface area contributed by atoms with Crippen LogP contribution in [0.25, 0.3) is 0 Å². The fourth-order valence-electron chi connectivity index (χ4n) is 0.979. The molecule has 1 atom stereocenters. The molecule has 0 amide bonds. The van der Waals surface area contributed by atoms with Crippen LogP contribution in [-0.2, 0) is 0 Å². The Balaban J connectivity index is 0.00000169. The van der Waals surface area contributed by atoms with Crippen molar-refractivity contribution in [1.29, 1.82) is 0 Å². The Kier molecular flexibility index (Phi) is 4.97. The van der Waals surface area contributed by atoms with Crippen LogP contribution in [-0.4, -0.2) is 18.1 Å². The second kappa shape index (κ2) is 5.47. The van der Waals surface area contributed by atoms with Crippen molar-refractivity contribution < 1.29 is 27.7 Å². The van der Waals surface area contributed by atoms with E-state index in [9.17, 15) is 5.11 Å². The smallest absolute Gasteiger partial charge is 0.272 e. The maximum absolute atomic E-state index is 9.43. The third kappa shape index (κ3) is 2.90. The molecule has 0 aromatic heterocycles. The molecule has 0 radical (unpaired) electrons. The normalized spacial score (nSPS) is 11.3. The van der Waals surface area contributed by atoms with Gasteiger partial charge in [0.25, 0.3) is 5.84 Å². The topological polar surface area (TPSA) is 81.1 Å². The van der Waals surface area contributed by atoms with Crippen LogP contribution in [0.15, 0.2) is 24.3 Å². The molecule has 0 bridgehead atoms. The molecule has 1 aromatic carbocycles. The van der Waals surface area contributed by atoms with E-state index in [1.165, 1.54) is 0 Å². The number of methoxy groups -OCH3 is 1. The van der Waals surface area contributed by atoms with E-state index in [2.05, 4.69) is 0 Å². The highest BCUT2D eigenvalue weighted by atomic mass is 35.5. The third-order valence-electron chi connectivity index (χ3n) is 1.75. The lowest BCUT2D eigenvalue weighted by Gasteiger charge is -2.05. The summed E-state index contributed by atoms with van der Waals surface area (Å²) in [6, 6.07) is 6.90. The zero-order valence-electron chi connectivity index (χ0n) is 7.77. The number of amidine groups is 1. The van der Waals surface area contributed by atoms with Gasteiger partial charge in [-0.2, -0.15) is 0 Å². The average Bonchev–Trinajstić information content (AvgIpc) is 2.17. The number of rotatable bonds is 3. The Morgan fingerprint density at radius 1 is 1.43 bits per heavy atom. The Morgan fingerprint density at radius 3 is 2.29 bits per heavy atom. The highest BCUT2D eigenvalue weighted by Crippen LogP contribution is 2.16. The van der Waals surface area contributed by atoms with Crippen LogP contribution in [0.1, 0.15) is 11.7 Å². The van der Waals surface area contributed by atoms with Crippen LogP contribution in [0.3, 0.4) is 0 Å². The van der Waals surface area contributed by atoms with E-state index in [0.717, 1.165) is 5.75 Å². The number of hydrogen-bond donors (Lipinski definition) is 3. The summed E-state index contributed by atoms with van der Waals surface area (Å²) < 4.78 is 4.96. The van der Waals surface area contributed by atoms with Gasteiger partial charge < -0.3 is 22.3 Å². The number of nitrogens with two attached hydrogens (primary N) is 2. The van der Waals surface area contributed by atoms with E-state index in [4.69, 9.17) is 15.9 Å².